The predicted molar refractivity (Wildman–Crippen MR) is 144 cm³/mol. The van der Waals surface area contributed by atoms with Gasteiger partial charge in [-0.2, -0.15) is 0 Å². The number of ether oxygens (including phenoxy) is 1. The van der Waals surface area contributed by atoms with Crippen LogP contribution in [0.25, 0.3) is 0 Å². The van der Waals surface area contributed by atoms with E-state index in [1.165, 1.54) is 32.5 Å². The lowest BCUT2D eigenvalue weighted by molar-refractivity contribution is -0.121. The maximum Gasteiger partial charge on any atom is 0.320 e. The summed E-state index contributed by atoms with van der Waals surface area (Å²) in [7, 11) is 0. The summed E-state index contributed by atoms with van der Waals surface area (Å²) in [6.45, 7) is 7.16. The SMILES string of the molecule is CCOC(O)c1c(NC(=O)NCc2c(N3C(=O)CCC3=O)sc3c2CCN(CC)C3)sc2c1CCCC2. The van der Waals surface area contributed by atoms with Gasteiger partial charge < -0.3 is 15.2 Å². The van der Waals surface area contributed by atoms with E-state index in [9.17, 15) is 19.5 Å². The Hall–Kier alpha value is -2.31. The first-order valence-corrected chi connectivity index (χ1v) is 14.7. The number of amides is 4. The molecule has 2 aliphatic heterocycles. The molecule has 9 nitrogen and oxygen atoms in total. The fourth-order valence-corrected chi connectivity index (χ4v) is 8.19. The van der Waals surface area contributed by atoms with Gasteiger partial charge in [-0.1, -0.05) is 6.92 Å². The number of imide groups is 1. The van der Waals surface area contributed by atoms with Crippen molar-refractivity contribution in [1.82, 2.24) is 10.2 Å². The second-order valence-electron chi connectivity index (χ2n) is 9.60. The van der Waals surface area contributed by atoms with E-state index in [2.05, 4.69) is 22.5 Å². The molecule has 0 aromatic carbocycles. The van der Waals surface area contributed by atoms with E-state index in [1.807, 2.05) is 6.92 Å². The minimum Gasteiger partial charge on any atom is -0.364 e. The van der Waals surface area contributed by atoms with Crippen LogP contribution in [0.5, 0.6) is 0 Å². The zero-order valence-electron chi connectivity index (χ0n) is 21.4. The molecule has 4 heterocycles. The summed E-state index contributed by atoms with van der Waals surface area (Å²) < 4.78 is 5.48. The molecule has 1 atom stereocenters. The van der Waals surface area contributed by atoms with E-state index in [4.69, 9.17) is 4.74 Å². The average Bonchev–Trinajstić information content (AvgIpc) is 3.54. The minimum absolute atomic E-state index is 0.180. The Kier molecular flexibility index (Phi) is 7.96. The lowest BCUT2D eigenvalue weighted by Gasteiger charge is -2.25. The van der Waals surface area contributed by atoms with Gasteiger partial charge in [0.05, 0.1) is 0 Å². The number of nitrogens with zero attached hydrogens (tertiary/aromatic N) is 2. The molecule has 4 amide bonds. The summed E-state index contributed by atoms with van der Waals surface area (Å²) in [6, 6.07) is -0.389. The molecule has 200 valence electrons. The molecule has 1 saturated heterocycles. The number of anilines is 2. The summed E-state index contributed by atoms with van der Waals surface area (Å²) in [5, 5.41) is 17.8. The fraction of sp³-hybridized carbons (Fsp3) is 0.577. The third-order valence-electron chi connectivity index (χ3n) is 7.36. The molecule has 37 heavy (non-hydrogen) atoms. The highest BCUT2D eigenvalue weighted by molar-refractivity contribution is 7.17. The Labute approximate surface area is 224 Å². The highest BCUT2D eigenvalue weighted by Crippen LogP contribution is 2.43. The van der Waals surface area contributed by atoms with Gasteiger partial charge in [0.25, 0.3) is 0 Å². The van der Waals surface area contributed by atoms with Gasteiger partial charge in [-0.05, 0) is 56.7 Å². The van der Waals surface area contributed by atoms with Crippen molar-refractivity contribution in [3.63, 3.8) is 0 Å². The zero-order valence-corrected chi connectivity index (χ0v) is 23.0. The summed E-state index contributed by atoms with van der Waals surface area (Å²) in [4.78, 5) is 44.2. The van der Waals surface area contributed by atoms with Crippen LogP contribution >= 0.6 is 22.7 Å². The van der Waals surface area contributed by atoms with Crippen molar-refractivity contribution in [2.24, 2.45) is 0 Å². The van der Waals surface area contributed by atoms with Crippen LogP contribution in [-0.4, -0.2) is 47.5 Å². The van der Waals surface area contributed by atoms with Crippen molar-refractivity contribution in [2.75, 3.05) is 29.9 Å². The number of hydrogen-bond acceptors (Lipinski definition) is 8. The van der Waals surface area contributed by atoms with Crippen LogP contribution in [0, 0.1) is 0 Å². The summed E-state index contributed by atoms with van der Waals surface area (Å²) in [6.07, 6.45) is 4.14. The molecule has 2 aromatic rings. The van der Waals surface area contributed by atoms with E-state index in [1.54, 1.807) is 0 Å². The summed E-state index contributed by atoms with van der Waals surface area (Å²) >= 11 is 3.00. The van der Waals surface area contributed by atoms with Gasteiger partial charge in [0.15, 0.2) is 6.29 Å². The number of fused-ring (bicyclic) bond motifs is 2. The molecule has 2 aromatic heterocycles. The third-order valence-corrected chi connectivity index (χ3v) is 9.83. The number of aryl methyl sites for hydroxylation is 1. The standard InChI is InChI=1S/C26H34N4O5S2/c1-3-29-12-11-15-17(24(37-19(15)14-29)30-20(31)9-10-21(30)32)13-27-26(34)28-23-22(25(33)35-4-2)16-7-5-6-8-18(16)36-23/h25,33H,3-14H2,1-2H3,(H2,27,28,34). The van der Waals surface area contributed by atoms with Crippen LogP contribution in [0.3, 0.4) is 0 Å². The normalized spacial score (nSPS) is 18.6. The minimum atomic E-state index is -1.08. The maximum atomic E-state index is 13.1. The topological polar surface area (TPSA) is 111 Å². The lowest BCUT2D eigenvalue weighted by Crippen LogP contribution is -2.33. The molecule has 1 fully saturated rings. The quantitative estimate of drug-likeness (QED) is 0.340. The maximum absolute atomic E-state index is 13.1. The Balaban J connectivity index is 1.37. The summed E-state index contributed by atoms with van der Waals surface area (Å²) in [5.74, 6) is -0.360. The van der Waals surface area contributed by atoms with Crippen molar-refractivity contribution in [2.45, 2.75) is 78.2 Å². The molecule has 0 bridgehead atoms. The van der Waals surface area contributed by atoms with E-state index in [0.29, 0.717) is 22.2 Å². The molecule has 0 saturated carbocycles. The van der Waals surface area contributed by atoms with Gasteiger partial charge in [0.2, 0.25) is 11.8 Å². The molecular weight excluding hydrogens is 512 g/mol. The van der Waals surface area contributed by atoms with Gasteiger partial charge in [-0.25, -0.2) is 9.69 Å². The number of carbonyl (C=O) groups excluding carboxylic acids is 3. The predicted octanol–water partition coefficient (Wildman–Crippen LogP) is 4.07. The van der Waals surface area contributed by atoms with Gasteiger partial charge in [-0.15, -0.1) is 22.7 Å². The van der Waals surface area contributed by atoms with Crippen molar-refractivity contribution < 1.29 is 24.2 Å². The van der Waals surface area contributed by atoms with Crippen LogP contribution in [0.15, 0.2) is 0 Å². The fourth-order valence-electron chi connectivity index (χ4n) is 5.44. The number of nitrogens with one attached hydrogen (secondary N) is 2. The Morgan fingerprint density at radius 3 is 2.51 bits per heavy atom. The number of rotatable bonds is 8. The monoisotopic (exact) mass is 546 g/mol. The van der Waals surface area contributed by atoms with E-state index in [0.717, 1.165) is 73.3 Å². The van der Waals surface area contributed by atoms with Crippen LogP contribution in [-0.2, 0) is 46.7 Å². The first-order valence-electron chi connectivity index (χ1n) is 13.1. The third kappa shape index (κ3) is 5.20. The number of urea groups is 1. The van der Waals surface area contributed by atoms with Gasteiger partial charge in [0.1, 0.15) is 10.0 Å². The van der Waals surface area contributed by atoms with Crippen LogP contribution in [0.4, 0.5) is 14.8 Å². The number of aliphatic hydroxyl groups excluding tert-OH is 1. The van der Waals surface area contributed by atoms with Crippen LogP contribution in [0.1, 0.15) is 77.8 Å². The van der Waals surface area contributed by atoms with E-state index >= 15 is 0 Å². The largest absolute Gasteiger partial charge is 0.364 e. The Morgan fingerprint density at radius 2 is 1.78 bits per heavy atom. The number of hydrogen-bond donors (Lipinski definition) is 3. The van der Waals surface area contributed by atoms with Crippen molar-refractivity contribution in [3.05, 3.63) is 32.0 Å². The Bertz CT molecular complexity index is 1190. The lowest BCUT2D eigenvalue weighted by atomic mass is 9.95. The molecule has 11 heteroatoms. The second-order valence-corrected chi connectivity index (χ2v) is 11.8. The Morgan fingerprint density at radius 1 is 1.03 bits per heavy atom. The molecule has 1 unspecified atom stereocenters. The molecular formula is C26H34N4O5S2. The van der Waals surface area contributed by atoms with Gasteiger partial charge >= 0.3 is 6.03 Å². The molecule has 3 N–H and O–H groups in total. The molecule has 3 aliphatic rings. The van der Waals surface area contributed by atoms with Crippen molar-refractivity contribution in [1.29, 1.82) is 0 Å². The highest BCUT2D eigenvalue weighted by atomic mass is 32.1. The average molecular weight is 547 g/mol. The van der Waals surface area contributed by atoms with Gasteiger partial charge in [0, 0.05) is 60.0 Å². The second kappa shape index (κ2) is 11.2. The van der Waals surface area contributed by atoms with Crippen molar-refractivity contribution in [3.8, 4) is 0 Å². The number of carbonyl (C=O) groups is 3. The van der Waals surface area contributed by atoms with Gasteiger partial charge in [-0.3, -0.25) is 19.8 Å². The smallest absolute Gasteiger partial charge is 0.320 e. The highest BCUT2D eigenvalue weighted by Gasteiger charge is 2.36. The first-order chi connectivity index (χ1) is 17.9. The number of likely N-dealkylation sites (N-methyl/N-ethyl adjacent to an activating group) is 1. The van der Waals surface area contributed by atoms with E-state index < -0.39 is 6.29 Å². The summed E-state index contributed by atoms with van der Waals surface area (Å²) in [5.41, 5.74) is 3.75. The first kappa shape index (κ1) is 26.3. The zero-order chi connectivity index (χ0) is 26.1. The van der Waals surface area contributed by atoms with Crippen LogP contribution < -0.4 is 15.5 Å². The molecule has 5 rings (SSSR count). The van der Waals surface area contributed by atoms with E-state index in [-0.39, 0.29) is 37.2 Å². The van der Waals surface area contributed by atoms with Crippen LogP contribution in [0.2, 0.25) is 0 Å². The molecule has 0 spiro atoms. The molecule has 0 radical (unpaired) electrons. The van der Waals surface area contributed by atoms with Crippen molar-refractivity contribution >= 4 is 50.5 Å². The number of aliphatic hydroxyl groups is 1. The molecule has 1 aliphatic carbocycles. The number of thiophene rings is 2.